The van der Waals surface area contributed by atoms with Crippen molar-refractivity contribution in [2.75, 3.05) is 5.75 Å². The van der Waals surface area contributed by atoms with Crippen LogP contribution in [0.1, 0.15) is 38.0 Å². The summed E-state index contributed by atoms with van der Waals surface area (Å²) in [6, 6.07) is 22.2. The molecule has 0 aliphatic carbocycles. The molecule has 0 saturated carbocycles. The molecule has 2 atom stereocenters. The van der Waals surface area contributed by atoms with Gasteiger partial charge < -0.3 is 38.8 Å². The van der Waals surface area contributed by atoms with Gasteiger partial charge in [0, 0.05) is 28.8 Å². The van der Waals surface area contributed by atoms with Crippen molar-refractivity contribution in [3.8, 4) is 11.3 Å². The molecule has 0 unspecified atom stereocenters. The second-order valence-corrected chi connectivity index (χ2v) is 15.3. The van der Waals surface area contributed by atoms with Gasteiger partial charge in [-0.3, -0.25) is 9.69 Å². The smallest absolute Gasteiger partial charge is 0.408 e. The van der Waals surface area contributed by atoms with Crippen LogP contribution in [0, 0.1) is 0 Å². The van der Waals surface area contributed by atoms with Crippen LogP contribution < -0.4 is 33.9 Å². The fourth-order valence-corrected chi connectivity index (χ4v) is 8.14. The van der Waals surface area contributed by atoms with E-state index in [0.717, 1.165) is 26.7 Å². The highest BCUT2D eigenvalue weighted by molar-refractivity contribution is 8.03. The standard InChI is InChI=1S/C36H34N4O5S3.HI/c1-36(2,3)45-34(43)38-28-31(41)40-29(33(42)44-30(24-11-7-5-8-12-24)25-13-9-6-10-14-25)26(21-47-32(28)40)17-20-46-35-37-27(22-48-35)23-15-18-39(4)19-16-23;/h5-20,22,28,30,32H,21H2,1-4H3;1H/b20-17+;/t28-,32-;/m1./s1. The lowest BCUT2D eigenvalue weighted by atomic mass is 10.0. The van der Waals surface area contributed by atoms with Gasteiger partial charge in [0.1, 0.15) is 29.8 Å². The van der Waals surface area contributed by atoms with Gasteiger partial charge in [0.25, 0.3) is 5.91 Å². The highest BCUT2D eigenvalue weighted by atomic mass is 127. The number of esters is 1. The number of aryl methyl sites for hydroxylation is 1. The lowest BCUT2D eigenvalue weighted by Crippen LogP contribution is -3.00. The summed E-state index contributed by atoms with van der Waals surface area (Å²) in [6.45, 7) is 5.27. The lowest BCUT2D eigenvalue weighted by Gasteiger charge is -2.49. The number of carbonyl (C=O) groups excluding carboxylic acids is 3. The van der Waals surface area contributed by atoms with Crippen molar-refractivity contribution in [1.29, 1.82) is 0 Å². The number of carbonyl (C=O) groups is 3. The number of thioether (sulfide) groups is 2. The second-order valence-electron chi connectivity index (χ2n) is 12.2. The van der Waals surface area contributed by atoms with Crippen molar-refractivity contribution in [3.63, 3.8) is 0 Å². The van der Waals surface area contributed by atoms with E-state index in [4.69, 9.17) is 14.5 Å². The van der Waals surface area contributed by atoms with Crippen LogP contribution in [-0.4, -0.2) is 50.6 Å². The summed E-state index contributed by atoms with van der Waals surface area (Å²) in [5.41, 5.74) is 3.61. The third kappa shape index (κ3) is 8.74. The Morgan fingerprint density at radius 1 is 1.04 bits per heavy atom. The summed E-state index contributed by atoms with van der Waals surface area (Å²) in [7, 11) is 1.97. The van der Waals surface area contributed by atoms with Gasteiger partial charge in [-0.05, 0) is 49.0 Å². The maximum atomic E-state index is 14.2. The van der Waals surface area contributed by atoms with Crippen molar-refractivity contribution >= 4 is 52.8 Å². The zero-order valence-electron chi connectivity index (χ0n) is 27.2. The molecule has 9 nitrogen and oxygen atoms in total. The van der Waals surface area contributed by atoms with E-state index in [0.29, 0.717) is 11.3 Å². The number of nitrogens with one attached hydrogen (secondary N) is 1. The molecule has 6 rings (SSSR count). The second kappa shape index (κ2) is 15.9. The topological polar surface area (TPSA) is 102 Å². The zero-order chi connectivity index (χ0) is 33.8. The van der Waals surface area contributed by atoms with Crippen LogP contribution in [-0.2, 0) is 26.1 Å². The van der Waals surface area contributed by atoms with Gasteiger partial charge in [0.2, 0.25) is 0 Å². The van der Waals surface area contributed by atoms with E-state index in [-0.39, 0.29) is 29.7 Å². The zero-order valence-corrected chi connectivity index (χ0v) is 31.8. The number of alkyl carbamates (subject to hydrolysis) is 1. The van der Waals surface area contributed by atoms with Gasteiger partial charge in [0.15, 0.2) is 22.8 Å². The molecular weight excluding hydrogens is 792 g/mol. The molecule has 0 radical (unpaired) electrons. The van der Waals surface area contributed by atoms with Crippen molar-refractivity contribution < 1.29 is 52.4 Å². The predicted octanol–water partition coefficient (Wildman–Crippen LogP) is 3.64. The van der Waals surface area contributed by atoms with E-state index < -0.39 is 41.1 Å². The highest BCUT2D eigenvalue weighted by Crippen LogP contribution is 2.42. The Labute approximate surface area is 315 Å². The van der Waals surface area contributed by atoms with E-state index in [2.05, 4.69) is 5.32 Å². The molecule has 254 valence electrons. The van der Waals surface area contributed by atoms with Crippen LogP contribution in [0.5, 0.6) is 0 Å². The van der Waals surface area contributed by atoms with Crippen molar-refractivity contribution in [3.05, 3.63) is 124 Å². The van der Waals surface area contributed by atoms with Crippen LogP contribution in [0.2, 0.25) is 0 Å². The number of rotatable bonds is 9. The van der Waals surface area contributed by atoms with E-state index in [9.17, 15) is 14.4 Å². The molecule has 1 fully saturated rings. The van der Waals surface area contributed by atoms with Crippen LogP contribution in [0.3, 0.4) is 0 Å². The number of nitrogens with zero attached hydrogens (tertiary/aromatic N) is 3. The maximum absolute atomic E-state index is 14.2. The van der Waals surface area contributed by atoms with Crippen molar-refractivity contribution in [2.45, 2.75) is 48.2 Å². The number of benzene rings is 2. The number of halogens is 1. The normalized spacial score (nSPS) is 17.3. The van der Waals surface area contributed by atoms with Gasteiger partial charge in [-0.1, -0.05) is 72.4 Å². The van der Waals surface area contributed by atoms with Crippen molar-refractivity contribution in [1.82, 2.24) is 15.2 Å². The summed E-state index contributed by atoms with van der Waals surface area (Å²) in [5.74, 6) is -0.602. The Kier molecular flexibility index (Phi) is 11.9. The molecule has 2 aliphatic heterocycles. The SMILES string of the molecule is C[n+]1ccc(-c2csc(S/C=C/C3=C(C(=O)OC(c4ccccc4)c4ccccc4)N4C(=O)[C@@H](NC(=O)OC(C)(C)C)[C@H]4SC3)n2)cc1.[I-]. The molecule has 1 saturated heterocycles. The Morgan fingerprint density at radius 3 is 2.29 bits per heavy atom. The first-order chi connectivity index (χ1) is 23.1. The van der Waals surface area contributed by atoms with Gasteiger partial charge >= 0.3 is 12.1 Å². The fourth-order valence-electron chi connectivity index (χ4n) is 5.23. The Morgan fingerprint density at radius 2 is 1.67 bits per heavy atom. The first kappa shape index (κ1) is 36.6. The number of thiazole rings is 1. The molecule has 2 aliphatic rings. The Hall–Kier alpha value is -3.66. The minimum absolute atomic E-state index is 0. The number of fused-ring (bicyclic) bond motifs is 1. The number of aromatic nitrogens is 2. The van der Waals surface area contributed by atoms with E-state index >= 15 is 0 Å². The van der Waals surface area contributed by atoms with Gasteiger partial charge in [0.05, 0.1) is 5.69 Å². The number of hydrogen-bond donors (Lipinski definition) is 1. The Balaban J connectivity index is 0.00000468. The third-order valence-corrected chi connectivity index (χ3v) is 10.6. The number of ether oxygens (including phenoxy) is 2. The number of pyridine rings is 1. The van der Waals surface area contributed by atoms with Gasteiger partial charge in [-0.2, -0.15) is 0 Å². The fraction of sp³-hybridized carbons (Fsp3) is 0.250. The lowest BCUT2D eigenvalue weighted by molar-refractivity contribution is -0.671. The third-order valence-electron chi connectivity index (χ3n) is 7.49. The minimum Gasteiger partial charge on any atom is -1.00 e. The molecule has 0 spiro atoms. The molecule has 2 aromatic heterocycles. The summed E-state index contributed by atoms with van der Waals surface area (Å²) >= 11 is 4.44. The largest absolute Gasteiger partial charge is 1.00 e. The molecule has 0 bridgehead atoms. The summed E-state index contributed by atoms with van der Waals surface area (Å²) in [5, 5.41) is 6.10. The molecule has 4 aromatic rings. The number of allylic oxidation sites excluding steroid dienone is 1. The number of β-lactam (4-membered cyclic amide) rings is 1. The molecular formula is C36H35IN4O5S3. The molecule has 1 N–H and O–H groups in total. The predicted molar refractivity (Wildman–Crippen MR) is 188 cm³/mol. The average Bonchev–Trinajstić information content (AvgIpc) is 3.55. The Bertz CT molecular complexity index is 1820. The minimum atomic E-state index is -0.833. The van der Waals surface area contributed by atoms with Gasteiger partial charge in [-0.25, -0.2) is 19.1 Å². The first-order valence-corrected chi connectivity index (χ1v) is 18.1. The van der Waals surface area contributed by atoms with Crippen LogP contribution in [0.15, 0.2) is 118 Å². The average molecular weight is 827 g/mol. The quantitative estimate of drug-likeness (QED) is 0.0899. The summed E-state index contributed by atoms with van der Waals surface area (Å²) < 4.78 is 14.4. The summed E-state index contributed by atoms with van der Waals surface area (Å²) in [6.07, 6.45) is 4.43. The molecule has 2 amide bonds. The molecule has 49 heavy (non-hydrogen) atoms. The van der Waals surface area contributed by atoms with E-state index in [1.807, 2.05) is 114 Å². The van der Waals surface area contributed by atoms with Crippen LogP contribution in [0.4, 0.5) is 4.79 Å². The highest BCUT2D eigenvalue weighted by Gasteiger charge is 2.54. The summed E-state index contributed by atoms with van der Waals surface area (Å²) in [4.78, 5) is 46.5. The van der Waals surface area contributed by atoms with Crippen LogP contribution in [0.25, 0.3) is 11.3 Å². The first-order valence-electron chi connectivity index (χ1n) is 15.3. The number of hydrogen-bond acceptors (Lipinski definition) is 9. The monoisotopic (exact) mass is 826 g/mol. The molecule has 4 heterocycles. The molecule has 2 aromatic carbocycles. The number of amides is 2. The maximum Gasteiger partial charge on any atom is 0.408 e. The van der Waals surface area contributed by atoms with Crippen molar-refractivity contribution in [2.24, 2.45) is 7.05 Å². The van der Waals surface area contributed by atoms with Crippen LogP contribution >= 0.6 is 34.9 Å². The van der Waals surface area contributed by atoms with E-state index in [1.54, 1.807) is 20.8 Å². The molecule has 13 heteroatoms. The van der Waals surface area contributed by atoms with Gasteiger partial charge in [-0.15, -0.1) is 23.1 Å². The van der Waals surface area contributed by atoms with E-state index in [1.165, 1.54) is 39.8 Å².